The molecule has 23 heavy (non-hydrogen) atoms. The molecule has 0 heterocycles. The van der Waals surface area contributed by atoms with Crippen LogP contribution in [0.2, 0.25) is 0 Å². The van der Waals surface area contributed by atoms with Crippen LogP contribution in [0.5, 0.6) is 5.75 Å². The molecule has 1 aromatic rings. The lowest BCUT2D eigenvalue weighted by Crippen LogP contribution is -2.42. The molecule has 1 aromatic carbocycles. The van der Waals surface area contributed by atoms with E-state index < -0.39 is 30.2 Å². The van der Waals surface area contributed by atoms with Gasteiger partial charge in [0.05, 0.1) is 0 Å². The van der Waals surface area contributed by atoms with Crippen LogP contribution in [0.3, 0.4) is 0 Å². The Hall–Kier alpha value is -2.25. The molecule has 2 rings (SSSR count). The first-order valence-electron chi connectivity index (χ1n) is 7.03. The molecular formula is C15H16F3NO4. The van der Waals surface area contributed by atoms with Crippen molar-refractivity contribution in [2.24, 2.45) is 0 Å². The van der Waals surface area contributed by atoms with Crippen LogP contribution in [0.4, 0.5) is 13.2 Å². The number of rotatable bonds is 5. The Kier molecular flexibility index (Phi) is 4.82. The molecular weight excluding hydrogens is 315 g/mol. The number of esters is 1. The van der Waals surface area contributed by atoms with Crippen LogP contribution in [0, 0.1) is 0 Å². The largest absolute Gasteiger partial charge is 0.573 e. The van der Waals surface area contributed by atoms with E-state index >= 15 is 0 Å². The van der Waals surface area contributed by atoms with Gasteiger partial charge in [0.1, 0.15) is 5.75 Å². The highest BCUT2D eigenvalue weighted by Crippen LogP contribution is 2.31. The third kappa shape index (κ3) is 4.87. The zero-order valence-corrected chi connectivity index (χ0v) is 12.6. The van der Waals surface area contributed by atoms with E-state index in [0.29, 0.717) is 0 Å². The van der Waals surface area contributed by atoms with Crippen molar-refractivity contribution < 1.29 is 32.2 Å². The summed E-state index contributed by atoms with van der Waals surface area (Å²) in [6.45, 7) is 2.78. The van der Waals surface area contributed by atoms with Crippen LogP contribution in [0.25, 0.3) is 0 Å². The molecule has 0 bridgehead atoms. The van der Waals surface area contributed by atoms with E-state index in [0.717, 1.165) is 25.0 Å². The van der Waals surface area contributed by atoms with Crippen molar-refractivity contribution in [2.45, 2.75) is 45.3 Å². The molecule has 1 saturated carbocycles. The molecule has 0 saturated heterocycles. The van der Waals surface area contributed by atoms with Gasteiger partial charge >= 0.3 is 12.3 Å². The second kappa shape index (κ2) is 6.47. The minimum Gasteiger partial charge on any atom is -0.442 e. The van der Waals surface area contributed by atoms with Gasteiger partial charge in [-0.15, -0.1) is 13.2 Å². The fourth-order valence-electron chi connectivity index (χ4n) is 2.25. The summed E-state index contributed by atoms with van der Waals surface area (Å²) in [5.41, 5.74) is 0.0395. The summed E-state index contributed by atoms with van der Waals surface area (Å²) in [7, 11) is 0. The maximum atomic E-state index is 12.6. The smallest absolute Gasteiger partial charge is 0.442 e. The van der Waals surface area contributed by atoms with E-state index in [4.69, 9.17) is 4.74 Å². The number of benzene rings is 1. The van der Waals surface area contributed by atoms with Crippen molar-refractivity contribution in [3.8, 4) is 5.75 Å². The number of halogens is 3. The van der Waals surface area contributed by atoms with E-state index in [-0.39, 0.29) is 11.6 Å². The Morgan fingerprint density at radius 1 is 1.30 bits per heavy atom. The summed E-state index contributed by atoms with van der Waals surface area (Å²) in [6, 6.07) is 4.74. The minimum absolute atomic E-state index is 0.0395. The van der Waals surface area contributed by atoms with E-state index in [1.54, 1.807) is 6.92 Å². The van der Waals surface area contributed by atoms with Gasteiger partial charge in [0, 0.05) is 18.5 Å². The lowest BCUT2D eigenvalue weighted by atomic mass is 10.2. The SMILES string of the molecule is CC(=O)OC(C)N(C(=O)c1cccc(OC(F)(F)F)c1)C1CC1. The molecule has 0 aliphatic heterocycles. The van der Waals surface area contributed by atoms with Crippen LogP contribution in [0.1, 0.15) is 37.0 Å². The van der Waals surface area contributed by atoms with Crippen molar-refractivity contribution in [2.75, 3.05) is 0 Å². The van der Waals surface area contributed by atoms with Crippen LogP contribution >= 0.6 is 0 Å². The minimum atomic E-state index is -4.83. The number of amides is 1. The van der Waals surface area contributed by atoms with E-state index in [2.05, 4.69) is 4.74 Å². The van der Waals surface area contributed by atoms with Crippen LogP contribution < -0.4 is 4.74 Å². The van der Waals surface area contributed by atoms with Gasteiger partial charge in [-0.05, 0) is 38.0 Å². The first kappa shape index (κ1) is 17.1. The van der Waals surface area contributed by atoms with Crippen LogP contribution in [0.15, 0.2) is 24.3 Å². The Morgan fingerprint density at radius 2 is 1.96 bits per heavy atom. The zero-order valence-electron chi connectivity index (χ0n) is 12.6. The second-order valence-corrected chi connectivity index (χ2v) is 5.23. The van der Waals surface area contributed by atoms with Crippen LogP contribution in [-0.2, 0) is 9.53 Å². The van der Waals surface area contributed by atoms with Crippen molar-refractivity contribution in [3.05, 3.63) is 29.8 Å². The molecule has 126 valence electrons. The number of ether oxygens (including phenoxy) is 2. The summed E-state index contributed by atoms with van der Waals surface area (Å²) in [5, 5.41) is 0. The first-order valence-corrected chi connectivity index (χ1v) is 7.03. The van der Waals surface area contributed by atoms with Crippen molar-refractivity contribution in [1.29, 1.82) is 0 Å². The van der Waals surface area contributed by atoms with Gasteiger partial charge in [0.25, 0.3) is 5.91 Å². The molecule has 0 N–H and O–H groups in total. The Balaban J connectivity index is 2.20. The number of alkyl halides is 3. The lowest BCUT2D eigenvalue weighted by Gasteiger charge is -2.28. The van der Waals surface area contributed by atoms with Crippen LogP contribution in [-0.4, -0.2) is 35.4 Å². The number of hydrogen-bond acceptors (Lipinski definition) is 4. The second-order valence-electron chi connectivity index (χ2n) is 5.23. The van der Waals surface area contributed by atoms with Gasteiger partial charge in [0.15, 0.2) is 6.23 Å². The Labute approximate surface area is 131 Å². The molecule has 8 heteroatoms. The van der Waals surface area contributed by atoms with Gasteiger partial charge < -0.3 is 14.4 Å². The lowest BCUT2D eigenvalue weighted by molar-refractivity contribution is -0.274. The molecule has 1 aliphatic rings. The molecule has 1 atom stereocenters. The maximum Gasteiger partial charge on any atom is 0.573 e. The standard InChI is InChI=1S/C15H16F3NO4/c1-9(22-10(2)20)19(12-6-7-12)14(21)11-4-3-5-13(8-11)23-15(16,17)18/h3-5,8-9,12H,6-7H2,1-2H3. The highest BCUT2D eigenvalue weighted by molar-refractivity contribution is 5.95. The van der Waals surface area contributed by atoms with Gasteiger partial charge in [-0.2, -0.15) is 0 Å². The average molecular weight is 331 g/mol. The normalized spacial score (nSPS) is 15.7. The summed E-state index contributed by atoms with van der Waals surface area (Å²) < 4.78 is 45.6. The fraction of sp³-hybridized carbons (Fsp3) is 0.467. The molecule has 1 unspecified atom stereocenters. The Bertz CT molecular complexity index is 599. The average Bonchev–Trinajstić information content (AvgIpc) is 3.20. The van der Waals surface area contributed by atoms with Crippen molar-refractivity contribution >= 4 is 11.9 Å². The fourth-order valence-corrected chi connectivity index (χ4v) is 2.25. The summed E-state index contributed by atoms with van der Waals surface area (Å²) in [6.07, 6.45) is -4.10. The Morgan fingerprint density at radius 3 is 2.48 bits per heavy atom. The third-order valence-electron chi connectivity index (χ3n) is 3.22. The van der Waals surface area contributed by atoms with E-state index in [1.807, 2.05) is 0 Å². The molecule has 0 aromatic heterocycles. The number of carbonyl (C=O) groups excluding carboxylic acids is 2. The highest BCUT2D eigenvalue weighted by Gasteiger charge is 2.38. The van der Waals surface area contributed by atoms with Gasteiger partial charge in [-0.1, -0.05) is 6.07 Å². The molecule has 1 amide bonds. The number of carbonyl (C=O) groups is 2. The van der Waals surface area contributed by atoms with Crippen molar-refractivity contribution in [3.63, 3.8) is 0 Å². The predicted octanol–water partition coefficient (Wildman–Crippen LogP) is 3.10. The van der Waals surface area contributed by atoms with Gasteiger partial charge in [0.2, 0.25) is 0 Å². The molecule has 1 fully saturated rings. The van der Waals surface area contributed by atoms with Gasteiger partial charge in [-0.3, -0.25) is 9.59 Å². The zero-order chi connectivity index (χ0) is 17.2. The highest BCUT2D eigenvalue weighted by atomic mass is 19.4. The summed E-state index contributed by atoms with van der Waals surface area (Å²) in [4.78, 5) is 25.0. The number of hydrogen-bond donors (Lipinski definition) is 0. The van der Waals surface area contributed by atoms with E-state index in [9.17, 15) is 22.8 Å². The number of nitrogens with zero attached hydrogens (tertiary/aromatic N) is 1. The molecule has 5 nitrogen and oxygen atoms in total. The van der Waals surface area contributed by atoms with Gasteiger partial charge in [-0.25, -0.2) is 0 Å². The monoisotopic (exact) mass is 331 g/mol. The maximum absolute atomic E-state index is 12.6. The third-order valence-corrected chi connectivity index (χ3v) is 3.22. The quantitative estimate of drug-likeness (QED) is 0.614. The van der Waals surface area contributed by atoms with Crippen molar-refractivity contribution in [1.82, 2.24) is 4.90 Å². The summed E-state index contributed by atoms with van der Waals surface area (Å²) in [5.74, 6) is -1.52. The molecule has 0 spiro atoms. The summed E-state index contributed by atoms with van der Waals surface area (Å²) >= 11 is 0. The molecule has 0 radical (unpaired) electrons. The predicted molar refractivity (Wildman–Crippen MR) is 73.5 cm³/mol. The van der Waals surface area contributed by atoms with E-state index in [1.165, 1.54) is 24.0 Å². The molecule has 1 aliphatic carbocycles. The first-order chi connectivity index (χ1) is 10.7. The topological polar surface area (TPSA) is 55.8 Å².